The predicted octanol–water partition coefficient (Wildman–Crippen LogP) is 3.04. The van der Waals surface area contributed by atoms with E-state index in [1.807, 2.05) is 0 Å². The molecule has 0 aliphatic carbocycles. The molecule has 0 unspecified atom stereocenters. The van der Waals surface area contributed by atoms with E-state index in [1.54, 1.807) is 29.5 Å². The Morgan fingerprint density at radius 3 is 2.82 bits per heavy atom. The minimum absolute atomic E-state index is 0.0742. The van der Waals surface area contributed by atoms with Crippen molar-refractivity contribution in [2.45, 2.75) is 25.7 Å². The van der Waals surface area contributed by atoms with Gasteiger partial charge in [0.25, 0.3) is 5.91 Å². The lowest BCUT2D eigenvalue weighted by molar-refractivity contribution is 0.0686. The van der Waals surface area contributed by atoms with Crippen LogP contribution in [0.1, 0.15) is 41.0 Å². The fraction of sp³-hybridized carbons (Fsp3) is 0.500. The van der Waals surface area contributed by atoms with E-state index >= 15 is 0 Å². The molecule has 0 bridgehead atoms. The maximum Gasteiger partial charge on any atom is 0.270 e. The van der Waals surface area contributed by atoms with Crippen LogP contribution in [0.25, 0.3) is 0 Å². The van der Waals surface area contributed by atoms with Crippen LogP contribution in [0.5, 0.6) is 0 Å². The number of piperidine rings is 1. The molecule has 1 aliphatic rings. The number of aromatic nitrogens is 3. The van der Waals surface area contributed by atoms with Gasteiger partial charge in [0.15, 0.2) is 5.82 Å². The first kappa shape index (κ1) is 15.4. The molecule has 6 nitrogen and oxygen atoms in total. The van der Waals surface area contributed by atoms with Crippen LogP contribution < -0.4 is 0 Å². The number of amides is 1. The van der Waals surface area contributed by atoms with Gasteiger partial charge in [0.1, 0.15) is 10.8 Å². The molecule has 3 rings (SSSR count). The molecule has 0 N–H and O–H groups in total. The van der Waals surface area contributed by atoms with Crippen LogP contribution in [-0.2, 0) is 7.05 Å². The van der Waals surface area contributed by atoms with Gasteiger partial charge in [-0.25, -0.2) is 0 Å². The summed E-state index contributed by atoms with van der Waals surface area (Å²) >= 11 is 12.0. The zero-order chi connectivity index (χ0) is 15.9. The van der Waals surface area contributed by atoms with E-state index in [2.05, 4.69) is 10.1 Å². The van der Waals surface area contributed by atoms with E-state index in [9.17, 15) is 4.79 Å². The van der Waals surface area contributed by atoms with Crippen molar-refractivity contribution in [3.8, 4) is 0 Å². The zero-order valence-corrected chi connectivity index (χ0v) is 13.9. The van der Waals surface area contributed by atoms with Gasteiger partial charge in [-0.15, -0.1) is 0 Å². The standard InChI is InChI=1S/C14H16Cl2N4O2/c1-8-17-13(22-18-8)9-4-3-5-20(7-9)14(21)11-6-10(15)12(16)19(11)2/h6,9H,3-5,7H2,1-2H3/t9-/m1/s1. The van der Waals surface area contributed by atoms with Crippen molar-refractivity contribution in [1.29, 1.82) is 0 Å². The lowest BCUT2D eigenvalue weighted by Crippen LogP contribution is -2.39. The number of hydrogen-bond acceptors (Lipinski definition) is 4. The predicted molar refractivity (Wildman–Crippen MR) is 82.3 cm³/mol. The molecule has 0 spiro atoms. The van der Waals surface area contributed by atoms with Gasteiger partial charge in [0.2, 0.25) is 5.89 Å². The molecule has 1 fully saturated rings. The van der Waals surface area contributed by atoms with Crippen molar-refractivity contribution in [2.24, 2.45) is 7.05 Å². The second-order valence-corrected chi connectivity index (χ2v) is 6.26. The van der Waals surface area contributed by atoms with Gasteiger partial charge in [-0.2, -0.15) is 4.98 Å². The van der Waals surface area contributed by atoms with E-state index < -0.39 is 0 Å². The van der Waals surface area contributed by atoms with Crippen molar-refractivity contribution < 1.29 is 9.32 Å². The topological polar surface area (TPSA) is 64.2 Å². The van der Waals surface area contributed by atoms with Gasteiger partial charge in [-0.05, 0) is 25.8 Å². The lowest BCUT2D eigenvalue weighted by Gasteiger charge is -2.31. The Morgan fingerprint density at radius 1 is 1.45 bits per heavy atom. The molecule has 1 saturated heterocycles. The molecule has 0 aromatic carbocycles. The monoisotopic (exact) mass is 342 g/mol. The van der Waals surface area contributed by atoms with E-state index in [1.165, 1.54) is 0 Å². The Hall–Kier alpha value is -1.53. The molecule has 118 valence electrons. The summed E-state index contributed by atoms with van der Waals surface area (Å²) in [6.07, 6.45) is 1.82. The second kappa shape index (κ2) is 5.93. The van der Waals surface area contributed by atoms with Crippen molar-refractivity contribution in [3.63, 3.8) is 0 Å². The second-order valence-electron chi connectivity index (χ2n) is 5.50. The summed E-state index contributed by atoms with van der Waals surface area (Å²) in [7, 11) is 1.73. The molecule has 2 aromatic rings. The van der Waals surface area contributed by atoms with E-state index in [0.717, 1.165) is 12.8 Å². The highest BCUT2D eigenvalue weighted by Crippen LogP contribution is 2.29. The molecule has 1 aliphatic heterocycles. The quantitative estimate of drug-likeness (QED) is 0.841. The summed E-state index contributed by atoms with van der Waals surface area (Å²) in [4.78, 5) is 18.8. The van der Waals surface area contributed by atoms with Crippen LogP contribution in [0.15, 0.2) is 10.6 Å². The Bertz CT molecular complexity index is 710. The maximum atomic E-state index is 12.7. The number of aryl methyl sites for hydroxylation is 1. The van der Waals surface area contributed by atoms with Crippen molar-refractivity contribution in [3.05, 3.63) is 33.7 Å². The molecule has 3 heterocycles. The van der Waals surface area contributed by atoms with Crippen molar-refractivity contribution in [2.75, 3.05) is 13.1 Å². The fourth-order valence-electron chi connectivity index (χ4n) is 2.75. The summed E-state index contributed by atoms with van der Waals surface area (Å²) in [6, 6.07) is 1.60. The van der Waals surface area contributed by atoms with Crippen LogP contribution in [0.2, 0.25) is 10.2 Å². The molecule has 22 heavy (non-hydrogen) atoms. The Balaban J connectivity index is 1.79. The Morgan fingerprint density at radius 2 is 2.23 bits per heavy atom. The Labute approximate surface area is 138 Å². The fourth-order valence-corrected chi connectivity index (χ4v) is 3.13. The van der Waals surface area contributed by atoms with E-state index in [4.69, 9.17) is 27.7 Å². The number of likely N-dealkylation sites (tertiary alicyclic amines) is 1. The molecule has 1 amide bonds. The van der Waals surface area contributed by atoms with Crippen LogP contribution in [0.3, 0.4) is 0 Å². The van der Waals surface area contributed by atoms with Gasteiger partial charge >= 0.3 is 0 Å². The highest BCUT2D eigenvalue weighted by molar-refractivity contribution is 6.41. The molecule has 0 saturated carbocycles. The van der Waals surface area contributed by atoms with Crippen molar-refractivity contribution in [1.82, 2.24) is 19.6 Å². The molecule has 8 heteroatoms. The van der Waals surface area contributed by atoms with Crippen molar-refractivity contribution >= 4 is 29.1 Å². The number of rotatable bonds is 2. The van der Waals surface area contributed by atoms with Crippen LogP contribution in [0, 0.1) is 6.92 Å². The van der Waals surface area contributed by atoms with Gasteiger partial charge in [-0.1, -0.05) is 28.4 Å². The third-order valence-corrected chi connectivity index (χ3v) is 4.78. The van der Waals surface area contributed by atoms with Gasteiger partial charge in [-0.3, -0.25) is 4.79 Å². The summed E-state index contributed by atoms with van der Waals surface area (Å²) in [5.41, 5.74) is 0.484. The average Bonchev–Trinajstić information content (AvgIpc) is 3.06. The number of nitrogens with zero attached hydrogens (tertiary/aromatic N) is 4. The highest BCUT2D eigenvalue weighted by atomic mass is 35.5. The first-order chi connectivity index (χ1) is 10.5. The first-order valence-corrected chi connectivity index (χ1v) is 7.83. The smallest absolute Gasteiger partial charge is 0.270 e. The number of carbonyl (C=O) groups is 1. The van der Waals surface area contributed by atoms with Gasteiger partial charge < -0.3 is 14.0 Å². The number of carbonyl (C=O) groups excluding carboxylic acids is 1. The zero-order valence-electron chi connectivity index (χ0n) is 12.3. The lowest BCUT2D eigenvalue weighted by atomic mass is 9.97. The molecular formula is C14H16Cl2N4O2. The van der Waals surface area contributed by atoms with Gasteiger partial charge in [0.05, 0.1) is 10.9 Å². The third kappa shape index (κ3) is 2.73. The number of halogens is 2. The SMILES string of the molecule is Cc1noc([C@@H]2CCCN(C(=O)c3cc(Cl)c(Cl)n3C)C2)n1. The van der Waals surface area contributed by atoms with Crippen LogP contribution >= 0.6 is 23.2 Å². The molecular weight excluding hydrogens is 327 g/mol. The first-order valence-electron chi connectivity index (χ1n) is 7.07. The summed E-state index contributed by atoms with van der Waals surface area (Å²) in [6.45, 7) is 3.04. The summed E-state index contributed by atoms with van der Waals surface area (Å²) < 4.78 is 6.84. The summed E-state index contributed by atoms with van der Waals surface area (Å²) in [5, 5.41) is 4.57. The maximum absolute atomic E-state index is 12.7. The number of hydrogen-bond donors (Lipinski definition) is 0. The van der Waals surface area contributed by atoms with E-state index in [-0.39, 0.29) is 11.8 Å². The average molecular weight is 343 g/mol. The normalized spacial score (nSPS) is 18.7. The van der Waals surface area contributed by atoms with E-state index in [0.29, 0.717) is 40.7 Å². The molecule has 0 radical (unpaired) electrons. The van der Waals surface area contributed by atoms with Gasteiger partial charge in [0, 0.05) is 20.1 Å². The Kier molecular flexibility index (Phi) is 4.14. The minimum atomic E-state index is -0.0859. The largest absolute Gasteiger partial charge is 0.339 e. The van der Waals surface area contributed by atoms with Crippen LogP contribution in [0.4, 0.5) is 0 Å². The molecule has 1 atom stereocenters. The molecule has 2 aromatic heterocycles. The minimum Gasteiger partial charge on any atom is -0.339 e. The summed E-state index contributed by atoms with van der Waals surface area (Å²) in [5.74, 6) is 1.19. The highest BCUT2D eigenvalue weighted by Gasteiger charge is 2.30. The third-order valence-electron chi connectivity index (χ3n) is 3.94. The van der Waals surface area contributed by atoms with Crippen LogP contribution in [-0.4, -0.2) is 38.6 Å².